The number of hydrogen-bond donors (Lipinski definition) is 0. The largest absolute Gasteiger partial charge is 0.350 e. The lowest BCUT2D eigenvalue weighted by Crippen LogP contribution is -2.23. The second kappa shape index (κ2) is 5.73. The van der Waals surface area contributed by atoms with Crippen LogP contribution in [0.25, 0.3) is 10.8 Å². The molecule has 1 atom stereocenters. The highest BCUT2D eigenvalue weighted by molar-refractivity contribution is 5.86. The van der Waals surface area contributed by atoms with E-state index >= 15 is 0 Å². The summed E-state index contributed by atoms with van der Waals surface area (Å²) >= 11 is 0. The minimum absolute atomic E-state index is 0.322. The highest BCUT2D eigenvalue weighted by Gasteiger charge is 2.28. The molecule has 1 aromatic heterocycles. The molecule has 0 saturated carbocycles. The van der Waals surface area contributed by atoms with Crippen LogP contribution in [0.1, 0.15) is 30.1 Å². The van der Waals surface area contributed by atoms with Gasteiger partial charge in [-0.25, -0.2) is 4.98 Å². The molecule has 1 unspecified atom stereocenters. The van der Waals surface area contributed by atoms with Crippen molar-refractivity contribution in [2.75, 3.05) is 11.4 Å². The van der Waals surface area contributed by atoms with Crippen LogP contribution < -0.4 is 4.90 Å². The van der Waals surface area contributed by atoms with Gasteiger partial charge in [0.05, 0.1) is 6.04 Å². The summed E-state index contributed by atoms with van der Waals surface area (Å²) in [5.41, 5.74) is 1.83. The highest BCUT2D eigenvalue weighted by atomic mass is 15.2. The van der Waals surface area contributed by atoms with Crippen LogP contribution in [0.5, 0.6) is 0 Å². The molecule has 0 bridgehead atoms. The number of pyridine rings is 1. The fourth-order valence-electron chi connectivity index (χ4n) is 3.55. The predicted molar refractivity (Wildman–Crippen MR) is 92.2 cm³/mol. The Labute approximate surface area is 135 Å². The molecule has 3 nitrogen and oxygen atoms in total. The van der Waals surface area contributed by atoms with E-state index in [-0.39, 0.29) is 0 Å². The van der Waals surface area contributed by atoms with E-state index in [9.17, 15) is 0 Å². The van der Waals surface area contributed by atoms with Crippen LogP contribution in [0.15, 0.2) is 60.7 Å². The number of nitriles is 1. The summed E-state index contributed by atoms with van der Waals surface area (Å²) in [6.45, 7) is 0.982. The first-order chi connectivity index (χ1) is 11.4. The molecular formula is C20H17N3. The number of nitrogens with zero attached hydrogens (tertiary/aromatic N) is 3. The van der Waals surface area contributed by atoms with E-state index in [4.69, 9.17) is 5.26 Å². The number of benzene rings is 2. The first kappa shape index (κ1) is 13.8. The van der Waals surface area contributed by atoms with Gasteiger partial charge in [-0.1, -0.05) is 48.5 Å². The molecule has 2 aromatic carbocycles. The first-order valence-electron chi connectivity index (χ1n) is 7.98. The summed E-state index contributed by atoms with van der Waals surface area (Å²) < 4.78 is 0. The molecule has 0 radical (unpaired) electrons. The summed E-state index contributed by atoms with van der Waals surface area (Å²) in [5.74, 6) is 0.902. The molecule has 3 aromatic rings. The average Bonchev–Trinajstić information content (AvgIpc) is 3.11. The van der Waals surface area contributed by atoms with Crippen molar-refractivity contribution in [2.24, 2.45) is 0 Å². The van der Waals surface area contributed by atoms with Crippen LogP contribution in [0, 0.1) is 11.3 Å². The molecule has 2 heterocycles. The minimum atomic E-state index is 0.322. The third kappa shape index (κ3) is 2.43. The van der Waals surface area contributed by atoms with E-state index in [0.717, 1.165) is 25.2 Å². The van der Waals surface area contributed by atoms with Crippen LogP contribution in [-0.2, 0) is 0 Å². The molecule has 1 fully saturated rings. The van der Waals surface area contributed by atoms with Gasteiger partial charge in [0.1, 0.15) is 17.6 Å². The van der Waals surface area contributed by atoms with E-state index in [1.165, 1.54) is 16.3 Å². The summed E-state index contributed by atoms with van der Waals surface area (Å²) in [6, 6.07) is 23.2. The molecule has 0 spiro atoms. The Balaban J connectivity index is 1.79. The van der Waals surface area contributed by atoms with Crippen LogP contribution in [0.3, 0.4) is 0 Å². The number of aromatic nitrogens is 1. The molecule has 1 saturated heterocycles. The van der Waals surface area contributed by atoms with Gasteiger partial charge in [0.25, 0.3) is 0 Å². The van der Waals surface area contributed by atoms with Crippen LogP contribution in [-0.4, -0.2) is 11.5 Å². The van der Waals surface area contributed by atoms with Gasteiger partial charge in [0.15, 0.2) is 0 Å². The quantitative estimate of drug-likeness (QED) is 0.702. The van der Waals surface area contributed by atoms with Crippen molar-refractivity contribution < 1.29 is 0 Å². The maximum absolute atomic E-state index is 9.10. The van der Waals surface area contributed by atoms with Crippen molar-refractivity contribution >= 4 is 16.6 Å². The van der Waals surface area contributed by atoms with Gasteiger partial charge in [0.2, 0.25) is 0 Å². The lowest BCUT2D eigenvalue weighted by Gasteiger charge is -2.27. The Kier molecular flexibility index (Phi) is 3.44. The molecule has 1 aliphatic rings. The van der Waals surface area contributed by atoms with Crippen LogP contribution in [0.4, 0.5) is 5.82 Å². The van der Waals surface area contributed by atoms with Crippen molar-refractivity contribution in [2.45, 2.75) is 18.9 Å². The van der Waals surface area contributed by atoms with E-state index < -0.39 is 0 Å². The zero-order valence-electron chi connectivity index (χ0n) is 12.8. The van der Waals surface area contributed by atoms with Gasteiger partial charge in [-0.2, -0.15) is 5.26 Å². The van der Waals surface area contributed by atoms with Crippen LogP contribution >= 0.6 is 0 Å². The zero-order chi connectivity index (χ0) is 15.6. The average molecular weight is 299 g/mol. The third-order valence-corrected chi connectivity index (χ3v) is 4.58. The lowest BCUT2D eigenvalue weighted by atomic mass is 9.97. The number of anilines is 1. The Morgan fingerprint density at radius 3 is 2.74 bits per heavy atom. The zero-order valence-corrected chi connectivity index (χ0v) is 12.8. The maximum Gasteiger partial charge on any atom is 0.142 e. The summed E-state index contributed by atoms with van der Waals surface area (Å²) in [5, 5.41) is 11.7. The Hall–Kier alpha value is -2.86. The Morgan fingerprint density at radius 1 is 1.00 bits per heavy atom. The van der Waals surface area contributed by atoms with Crippen molar-refractivity contribution in [3.8, 4) is 6.07 Å². The minimum Gasteiger partial charge on any atom is -0.350 e. The van der Waals surface area contributed by atoms with Gasteiger partial charge in [-0.15, -0.1) is 0 Å². The predicted octanol–water partition coefficient (Wildman–Crippen LogP) is 4.45. The van der Waals surface area contributed by atoms with Crippen LogP contribution in [0.2, 0.25) is 0 Å². The number of hydrogen-bond acceptors (Lipinski definition) is 3. The summed E-state index contributed by atoms with van der Waals surface area (Å²) in [6.07, 6.45) is 2.26. The number of rotatable bonds is 2. The van der Waals surface area contributed by atoms with E-state index in [1.807, 2.05) is 12.1 Å². The highest BCUT2D eigenvalue weighted by Crippen LogP contribution is 2.38. The number of fused-ring (bicyclic) bond motifs is 1. The fraction of sp³-hybridized carbons (Fsp3) is 0.200. The molecule has 1 aliphatic heterocycles. The van der Waals surface area contributed by atoms with Gasteiger partial charge in [-0.3, -0.25) is 0 Å². The summed E-state index contributed by atoms with van der Waals surface area (Å²) in [7, 11) is 0. The van der Waals surface area contributed by atoms with E-state index in [2.05, 4.69) is 58.4 Å². The second-order valence-corrected chi connectivity index (χ2v) is 5.91. The van der Waals surface area contributed by atoms with Crippen molar-refractivity contribution in [1.82, 2.24) is 4.98 Å². The SMILES string of the molecule is N#Cc1cccc(N2CCCC2c2cccc3ccccc23)n1. The summed E-state index contributed by atoms with van der Waals surface area (Å²) in [4.78, 5) is 6.83. The molecule has 4 rings (SSSR count). The molecule has 0 amide bonds. The molecule has 112 valence electrons. The first-order valence-corrected chi connectivity index (χ1v) is 7.98. The van der Waals surface area contributed by atoms with E-state index in [1.54, 1.807) is 6.07 Å². The van der Waals surface area contributed by atoms with Gasteiger partial charge >= 0.3 is 0 Å². The normalized spacial score (nSPS) is 17.3. The molecule has 23 heavy (non-hydrogen) atoms. The van der Waals surface area contributed by atoms with Crippen molar-refractivity contribution in [1.29, 1.82) is 5.26 Å². The second-order valence-electron chi connectivity index (χ2n) is 5.91. The maximum atomic E-state index is 9.10. The fourth-order valence-corrected chi connectivity index (χ4v) is 3.55. The topological polar surface area (TPSA) is 39.9 Å². The van der Waals surface area contributed by atoms with Crippen molar-refractivity contribution in [3.05, 3.63) is 71.9 Å². The smallest absolute Gasteiger partial charge is 0.142 e. The molecule has 0 aliphatic carbocycles. The molecule has 0 N–H and O–H groups in total. The standard InChI is InChI=1S/C20H17N3/c21-14-16-8-4-12-20(22-16)23-13-5-11-19(23)18-10-3-7-15-6-1-2-9-17(15)18/h1-4,6-10,12,19H,5,11,13H2. The molecular weight excluding hydrogens is 282 g/mol. The van der Waals surface area contributed by atoms with Gasteiger partial charge < -0.3 is 4.90 Å². The Morgan fingerprint density at radius 2 is 1.83 bits per heavy atom. The van der Waals surface area contributed by atoms with Crippen molar-refractivity contribution in [3.63, 3.8) is 0 Å². The van der Waals surface area contributed by atoms with E-state index in [0.29, 0.717) is 11.7 Å². The molecule has 3 heteroatoms. The third-order valence-electron chi connectivity index (χ3n) is 4.58. The van der Waals surface area contributed by atoms with Gasteiger partial charge in [0, 0.05) is 6.54 Å². The lowest BCUT2D eigenvalue weighted by molar-refractivity contribution is 0.717. The monoisotopic (exact) mass is 299 g/mol. The van der Waals surface area contributed by atoms with Gasteiger partial charge in [-0.05, 0) is 41.3 Å². The Bertz CT molecular complexity index is 889.